The lowest BCUT2D eigenvalue weighted by Gasteiger charge is -2.19. The van der Waals surface area contributed by atoms with Gasteiger partial charge >= 0.3 is 5.97 Å². The summed E-state index contributed by atoms with van der Waals surface area (Å²) in [5, 5.41) is 5.86. The second-order valence-corrected chi connectivity index (χ2v) is 6.63. The van der Waals surface area contributed by atoms with Crippen molar-refractivity contribution in [3.63, 3.8) is 0 Å². The van der Waals surface area contributed by atoms with E-state index in [2.05, 4.69) is 5.10 Å². The molecule has 1 aromatic carbocycles. The molecule has 140 valence electrons. The summed E-state index contributed by atoms with van der Waals surface area (Å²) in [7, 11) is 1.61. The summed E-state index contributed by atoms with van der Waals surface area (Å²) in [5.74, 6) is 0.671. The standard InChI is InChI=1S/C20H20N2O5/c1-25-15-8-6-13(7-9-15)16-11-17(18-3-2-10-26-18)22(21-16)19(23)12-27-20(24)14-4-5-14/h2-3,6-10,14,17H,4-5,11-12H2,1H3. The Morgan fingerprint density at radius 1 is 1.22 bits per heavy atom. The minimum absolute atomic E-state index is 0.0457. The van der Waals surface area contributed by atoms with Crippen molar-refractivity contribution in [3.8, 4) is 5.75 Å². The number of amides is 1. The summed E-state index contributed by atoms with van der Waals surface area (Å²) >= 11 is 0. The molecule has 0 saturated heterocycles. The molecule has 1 aromatic heterocycles. The Balaban J connectivity index is 1.53. The first-order valence-electron chi connectivity index (χ1n) is 8.89. The molecule has 1 fully saturated rings. The van der Waals surface area contributed by atoms with E-state index in [0.717, 1.165) is 29.9 Å². The second kappa shape index (κ2) is 7.26. The molecular weight excluding hydrogens is 348 g/mol. The summed E-state index contributed by atoms with van der Waals surface area (Å²) in [6.07, 6.45) is 3.76. The number of rotatable bonds is 6. The Morgan fingerprint density at radius 2 is 2.00 bits per heavy atom. The van der Waals surface area contributed by atoms with Crippen molar-refractivity contribution in [3.05, 3.63) is 54.0 Å². The van der Waals surface area contributed by atoms with Gasteiger partial charge in [-0.1, -0.05) is 0 Å². The molecule has 0 N–H and O–H groups in total. The van der Waals surface area contributed by atoms with Crippen LogP contribution in [0, 0.1) is 5.92 Å². The van der Waals surface area contributed by atoms with Crippen molar-refractivity contribution in [1.82, 2.24) is 5.01 Å². The Morgan fingerprint density at radius 3 is 2.63 bits per heavy atom. The molecular formula is C20H20N2O5. The number of benzene rings is 1. The molecule has 2 aliphatic rings. The highest BCUT2D eigenvalue weighted by Crippen LogP contribution is 2.34. The summed E-state index contributed by atoms with van der Waals surface area (Å²) in [6.45, 7) is -0.314. The van der Waals surface area contributed by atoms with Gasteiger partial charge in [0.2, 0.25) is 0 Å². The molecule has 1 unspecified atom stereocenters. The molecule has 4 rings (SSSR count). The molecule has 7 heteroatoms. The quantitative estimate of drug-likeness (QED) is 0.732. The van der Waals surface area contributed by atoms with E-state index >= 15 is 0 Å². The largest absolute Gasteiger partial charge is 0.497 e. The normalized spacial score (nSPS) is 18.9. The van der Waals surface area contributed by atoms with Gasteiger partial charge in [0.25, 0.3) is 5.91 Å². The topological polar surface area (TPSA) is 81.3 Å². The molecule has 0 bridgehead atoms. The molecule has 2 heterocycles. The summed E-state index contributed by atoms with van der Waals surface area (Å²) < 4.78 is 15.8. The van der Waals surface area contributed by atoms with Gasteiger partial charge in [0.15, 0.2) is 6.61 Å². The summed E-state index contributed by atoms with van der Waals surface area (Å²) in [6, 6.07) is 10.7. The van der Waals surface area contributed by atoms with Crippen LogP contribution in [0.25, 0.3) is 0 Å². The zero-order valence-corrected chi connectivity index (χ0v) is 15.0. The van der Waals surface area contributed by atoms with Crippen LogP contribution < -0.4 is 4.74 Å². The number of nitrogens with zero attached hydrogens (tertiary/aromatic N) is 2. The van der Waals surface area contributed by atoms with Crippen LogP contribution in [-0.2, 0) is 14.3 Å². The monoisotopic (exact) mass is 368 g/mol. The Bertz CT molecular complexity index is 853. The summed E-state index contributed by atoms with van der Waals surface area (Å²) in [5.41, 5.74) is 1.67. The van der Waals surface area contributed by atoms with Gasteiger partial charge in [-0.05, 0) is 54.8 Å². The van der Waals surface area contributed by atoms with E-state index < -0.39 is 0 Å². The number of esters is 1. The van der Waals surface area contributed by atoms with Crippen LogP contribution in [0.1, 0.15) is 36.6 Å². The van der Waals surface area contributed by atoms with Crippen LogP contribution in [0.2, 0.25) is 0 Å². The van der Waals surface area contributed by atoms with Gasteiger partial charge in [-0.15, -0.1) is 0 Å². The fraction of sp³-hybridized carbons (Fsp3) is 0.350. The number of hydrogen-bond donors (Lipinski definition) is 0. The number of furan rings is 1. The van der Waals surface area contributed by atoms with Crippen LogP contribution in [0.5, 0.6) is 5.75 Å². The van der Waals surface area contributed by atoms with Crippen LogP contribution in [0.4, 0.5) is 0 Å². The Kier molecular flexibility index (Phi) is 4.66. The van der Waals surface area contributed by atoms with Crippen LogP contribution in [0.3, 0.4) is 0 Å². The smallest absolute Gasteiger partial charge is 0.309 e. The molecule has 1 saturated carbocycles. The highest BCUT2D eigenvalue weighted by molar-refractivity contribution is 6.03. The van der Waals surface area contributed by atoms with Gasteiger partial charge < -0.3 is 13.9 Å². The minimum Gasteiger partial charge on any atom is -0.497 e. The fourth-order valence-electron chi connectivity index (χ4n) is 3.04. The fourth-order valence-corrected chi connectivity index (χ4v) is 3.04. The highest BCUT2D eigenvalue weighted by Gasteiger charge is 2.36. The lowest BCUT2D eigenvalue weighted by molar-refractivity contribution is -0.154. The number of methoxy groups -OCH3 is 1. The molecule has 2 aromatic rings. The maximum atomic E-state index is 12.7. The third-order valence-corrected chi connectivity index (χ3v) is 4.71. The second-order valence-electron chi connectivity index (χ2n) is 6.63. The van der Waals surface area contributed by atoms with Crippen LogP contribution in [-0.4, -0.2) is 36.3 Å². The zero-order chi connectivity index (χ0) is 18.8. The van der Waals surface area contributed by atoms with Gasteiger partial charge in [-0.3, -0.25) is 9.59 Å². The highest BCUT2D eigenvalue weighted by atomic mass is 16.5. The first kappa shape index (κ1) is 17.3. The molecule has 7 nitrogen and oxygen atoms in total. The van der Waals surface area contributed by atoms with E-state index in [1.165, 1.54) is 5.01 Å². The number of hydrogen-bond acceptors (Lipinski definition) is 6. The lowest BCUT2D eigenvalue weighted by atomic mass is 10.0. The van der Waals surface area contributed by atoms with Gasteiger partial charge in [0.05, 0.1) is 25.0 Å². The number of hydrazone groups is 1. The number of carbonyl (C=O) groups is 2. The molecule has 1 atom stereocenters. The number of ether oxygens (including phenoxy) is 2. The maximum absolute atomic E-state index is 12.7. The predicted molar refractivity (Wildman–Crippen MR) is 96.1 cm³/mol. The number of carbonyl (C=O) groups excluding carboxylic acids is 2. The van der Waals surface area contributed by atoms with Crippen LogP contribution >= 0.6 is 0 Å². The molecule has 1 aliphatic carbocycles. The first-order chi connectivity index (χ1) is 13.2. The molecule has 1 amide bonds. The lowest BCUT2D eigenvalue weighted by Crippen LogP contribution is -2.31. The van der Waals surface area contributed by atoms with E-state index in [-0.39, 0.29) is 30.4 Å². The molecule has 0 spiro atoms. The predicted octanol–water partition coefficient (Wildman–Crippen LogP) is 2.92. The third kappa shape index (κ3) is 3.72. The zero-order valence-electron chi connectivity index (χ0n) is 15.0. The Hall–Kier alpha value is -3.09. The average Bonchev–Trinajstić information content (AvgIpc) is 3.23. The van der Waals surface area contributed by atoms with Crippen LogP contribution in [0.15, 0.2) is 52.2 Å². The summed E-state index contributed by atoms with van der Waals surface area (Å²) in [4.78, 5) is 24.4. The molecule has 1 aliphatic heterocycles. The van der Waals surface area contributed by atoms with E-state index in [4.69, 9.17) is 13.9 Å². The first-order valence-corrected chi connectivity index (χ1v) is 8.89. The van der Waals surface area contributed by atoms with E-state index in [9.17, 15) is 9.59 Å². The van der Waals surface area contributed by atoms with E-state index in [1.807, 2.05) is 30.3 Å². The van der Waals surface area contributed by atoms with Crippen molar-refractivity contribution >= 4 is 17.6 Å². The SMILES string of the molecule is COc1ccc(C2=NN(C(=O)COC(=O)C3CC3)C(c3ccco3)C2)cc1. The van der Waals surface area contributed by atoms with Crippen molar-refractivity contribution in [2.75, 3.05) is 13.7 Å². The van der Waals surface area contributed by atoms with Gasteiger partial charge in [-0.25, -0.2) is 5.01 Å². The van der Waals surface area contributed by atoms with Gasteiger partial charge in [0.1, 0.15) is 17.6 Å². The van der Waals surface area contributed by atoms with Crippen molar-refractivity contribution in [2.24, 2.45) is 11.0 Å². The van der Waals surface area contributed by atoms with Crippen molar-refractivity contribution in [2.45, 2.75) is 25.3 Å². The Labute approximate surface area is 156 Å². The minimum atomic E-state index is -0.367. The van der Waals surface area contributed by atoms with Crippen molar-refractivity contribution < 1.29 is 23.5 Å². The average molecular weight is 368 g/mol. The van der Waals surface area contributed by atoms with E-state index in [0.29, 0.717) is 12.2 Å². The van der Waals surface area contributed by atoms with Gasteiger partial charge in [0, 0.05) is 6.42 Å². The molecule has 0 radical (unpaired) electrons. The van der Waals surface area contributed by atoms with Crippen molar-refractivity contribution in [1.29, 1.82) is 0 Å². The molecule has 27 heavy (non-hydrogen) atoms. The van der Waals surface area contributed by atoms with E-state index in [1.54, 1.807) is 19.4 Å². The maximum Gasteiger partial charge on any atom is 0.309 e. The van der Waals surface area contributed by atoms with Gasteiger partial charge in [-0.2, -0.15) is 5.10 Å². The third-order valence-electron chi connectivity index (χ3n) is 4.71.